The summed E-state index contributed by atoms with van der Waals surface area (Å²) in [5.74, 6) is -0.990. The van der Waals surface area contributed by atoms with Gasteiger partial charge in [-0.2, -0.15) is 23.5 Å². The SMILES string of the molecule is CC(Oc1ccc(C#N)c(Cl)c1C(=O)N1Cc2cn(-c3cccnc3)nc2C1)C(F)(F)F. The van der Waals surface area contributed by atoms with Gasteiger partial charge < -0.3 is 9.64 Å². The first kappa shape index (κ1) is 21.6. The van der Waals surface area contributed by atoms with Gasteiger partial charge in [0.15, 0.2) is 6.10 Å². The fourth-order valence-electron chi connectivity index (χ4n) is 3.28. The lowest BCUT2D eigenvalue weighted by Crippen LogP contribution is -2.33. The summed E-state index contributed by atoms with van der Waals surface area (Å²) >= 11 is 6.22. The van der Waals surface area contributed by atoms with Crippen LogP contribution in [0.4, 0.5) is 13.2 Å². The molecule has 0 aliphatic carbocycles. The number of pyridine rings is 1. The number of nitrogens with zero attached hydrogens (tertiary/aromatic N) is 5. The lowest BCUT2D eigenvalue weighted by Gasteiger charge is -2.23. The number of carbonyl (C=O) groups excluding carboxylic acids is 1. The number of carbonyl (C=O) groups is 1. The minimum atomic E-state index is -4.64. The molecule has 0 fully saturated rings. The lowest BCUT2D eigenvalue weighted by atomic mass is 10.1. The molecule has 2 aromatic heterocycles. The third-order valence-electron chi connectivity index (χ3n) is 4.98. The van der Waals surface area contributed by atoms with E-state index in [1.807, 2.05) is 12.1 Å². The number of amides is 1. The van der Waals surface area contributed by atoms with E-state index in [2.05, 4.69) is 10.1 Å². The highest BCUT2D eigenvalue weighted by molar-refractivity contribution is 6.35. The number of nitriles is 1. The molecule has 0 spiro atoms. The fraction of sp³-hybridized carbons (Fsp3) is 0.238. The van der Waals surface area contributed by atoms with E-state index < -0.39 is 18.2 Å². The Morgan fingerprint density at radius 2 is 2.09 bits per heavy atom. The maximum atomic E-state index is 13.2. The molecular formula is C21H15ClF3N5O2. The Morgan fingerprint density at radius 1 is 1.31 bits per heavy atom. The van der Waals surface area contributed by atoms with E-state index in [1.54, 1.807) is 29.3 Å². The quantitative estimate of drug-likeness (QED) is 0.579. The summed E-state index contributed by atoms with van der Waals surface area (Å²) in [6.45, 7) is 1.13. The zero-order chi connectivity index (χ0) is 23.0. The van der Waals surface area contributed by atoms with Crippen LogP contribution in [-0.4, -0.2) is 37.9 Å². The van der Waals surface area contributed by atoms with Crippen molar-refractivity contribution in [3.8, 4) is 17.5 Å². The molecular weight excluding hydrogens is 447 g/mol. The molecule has 0 saturated carbocycles. The average Bonchev–Trinajstić information content (AvgIpc) is 3.33. The molecule has 164 valence electrons. The van der Waals surface area contributed by atoms with Crippen LogP contribution in [0, 0.1) is 11.3 Å². The van der Waals surface area contributed by atoms with E-state index in [0.29, 0.717) is 5.69 Å². The number of benzene rings is 1. The van der Waals surface area contributed by atoms with Gasteiger partial charge in [0.05, 0.1) is 34.7 Å². The minimum Gasteiger partial charge on any atom is -0.480 e. The number of alkyl halides is 3. The number of rotatable bonds is 4. The van der Waals surface area contributed by atoms with Gasteiger partial charge in [-0.15, -0.1) is 0 Å². The largest absolute Gasteiger partial charge is 0.480 e. The second kappa shape index (κ2) is 8.16. The molecule has 0 saturated heterocycles. The van der Waals surface area contributed by atoms with Crippen LogP contribution in [0.25, 0.3) is 5.69 Å². The zero-order valence-corrected chi connectivity index (χ0v) is 17.4. The number of fused-ring (bicyclic) bond motifs is 1. The predicted molar refractivity (Wildman–Crippen MR) is 107 cm³/mol. The average molecular weight is 462 g/mol. The summed E-state index contributed by atoms with van der Waals surface area (Å²) in [5.41, 5.74) is 1.84. The molecule has 3 aromatic rings. The molecule has 1 aromatic carbocycles. The van der Waals surface area contributed by atoms with Gasteiger partial charge in [0, 0.05) is 24.5 Å². The second-order valence-corrected chi connectivity index (χ2v) is 7.51. The maximum Gasteiger partial charge on any atom is 0.425 e. The highest BCUT2D eigenvalue weighted by Crippen LogP contribution is 2.35. The molecule has 0 radical (unpaired) electrons. The van der Waals surface area contributed by atoms with Gasteiger partial charge in [-0.1, -0.05) is 11.6 Å². The van der Waals surface area contributed by atoms with Crippen LogP contribution in [0.3, 0.4) is 0 Å². The van der Waals surface area contributed by atoms with Crippen LogP contribution in [0.1, 0.15) is 34.1 Å². The van der Waals surface area contributed by atoms with Gasteiger partial charge in [-0.3, -0.25) is 9.78 Å². The van der Waals surface area contributed by atoms with Crippen molar-refractivity contribution >= 4 is 17.5 Å². The zero-order valence-electron chi connectivity index (χ0n) is 16.6. The van der Waals surface area contributed by atoms with E-state index in [9.17, 15) is 23.2 Å². The molecule has 32 heavy (non-hydrogen) atoms. The van der Waals surface area contributed by atoms with Crippen LogP contribution in [-0.2, 0) is 13.1 Å². The first-order valence-electron chi connectivity index (χ1n) is 9.42. The molecule has 4 rings (SSSR count). The summed E-state index contributed by atoms with van der Waals surface area (Å²) in [5, 5.41) is 13.5. The third-order valence-corrected chi connectivity index (χ3v) is 5.37. The number of ether oxygens (including phenoxy) is 1. The molecule has 1 aliphatic rings. The highest BCUT2D eigenvalue weighted by atomic mass is 35.5. The normalized spacial score (nSPS) is 14.1. The standard InChI is InChI=1S/C21H15ClF3N5O2/c1-12(21(23,24)25)32-17-5-4-13(7-26)19(22)18(17)20(31)29-9-14-10-30(28-16(14)11-29)15-3-2-6-27-8-15/h2-6,8,10,12H,9,11H2,1H3. The number of hydrogen-bond acceptors (Lipinski definition) is 5. The Balaban J connectivity index is 1.62. The summed E-state index contributed by atoms with van der Waals surface area (Å²) in [4.78, 5) is 18.7. The monoisotopic (exact) mass is 461 g/mol. The van der Waals surface area contributed by atoms with Crippen molar-refractivity contribution in [2.75, 3.05) is 0 Å². The van der Waals surface area contributed by atoms with Crippen LogP contribution < -0.4 is 4.74 Å². The van der Waals surface area contributed by atoms with E-state index in [0.717, 1.165) is 24.2 Å². The summed E-state index contributed by atoms with van der Waals surface area (Å²) in [7, 11) is 0. The fourth-order valence-corrected chi connectivity index (χ4v) is 3.55. The van der Waals surface area contributed by atoms with Crippen LogP contribution in [0.2, 0.25) is 5.02 Å². The van der Waals surface area contributed by atoms with Gasteiger partial charge in [0.2, 0.25) is 0 Å². The highest BCUT2D eigenvalue weighted by Gasteiger charge is 2.39. The van der Waals surface area contributed by atoms with E-state index in [4.69, 9.17) is 16.3 Å². The molecule has 11 heteroatoms. The van der Waals surface area contributed by atoms with E-state index in [1.165, 1.54) is 11.0 Å². The minimum absolute atomic E-state index is 0.0410. The van der Waals surface area contributed by atoms with Crippen molar-refractivity contribution in [3.63, 3.8) is 0 Å². The first-order valence-corrected chi connectivity index (χ1v) is 9.80. The molecule has 3 heterocycles. The van der Waals surface area contributed by atoms with Crippen molar-refractivity contribution in [2.45, 2.75) is 32.3 Å². The topological polar surface area (TPSA) is 84.0 Å². The molecule has 1 amide bonds. The smallest absolute Gasteiger partial charge is 0.425 e. The molecule has 7 nitrogen and oxygen atoms in total. The molecule has 0 N–H and O–H groups in total. The van der Waals surface area contributed by atoms with Crippen molar-refractivity contribution in [1.29, 1.82) is 5.26 Å². The Morgan fingerprint density at radius 3 is 2.72 bits per heavy atom. The summed E-state index contributed by atoms with van der Waals surface area (Å²) in [6, 6.07) is 7.79. The van der Waals surface area contributed by atoms with Crippen molar-refractivity contribution in [2.24, 2.45) is 0 Å². The van der Waals surface area contributed by atoms with E-state index in [-0.39, 0.29) is 35.0 Å². The van der Waals surface area contributed by atoms with Gasteiger partial charge >= 0.3 is 6.18 Å². The van der Waals surface area contributed by atoms with Crippen molar-refractivity contribution in [3.05, 3.63) is 70.3 Å². The predicted octanol–water partition coefficient (Wildman–Crippen LogP) is 4.28. The number of halogens is 4. The first-order chi connectivity index (χ1) is 15.2. The van der Waals surface area contributed by atoms with Crippen LogP contribution >= 0.6 is 11.6 Å². The van der Waals surface area contributed by atoms with Gasteiger partial charge in [0.25, 0.3) is 5.91 Å². The van der Waals surface area contributed by atoms with Gasteiger partial charge in [-0.05, 0) is 31.2 Å². The van der Waals surface area contributed by atoms with Crippen LogP contribution in [0.5, 0.6) is 5.75 Å². The maximum absolute atomic E-state index is 13.2. The molecule has 1 aliphatic heterocycles. The lowest BCUT2D eigenvalue weighted by molar-refractivity contribution is -0.189. The third kappa shape index (κ3) is 3.99. The van der Waals surface area contributed by atoms with Gasteiger partial charge in [-0.25, -0.2) is 4.68 Å². The summed E-state index contributed by atoms with van der Waals surface area (Å²) in [6.07, 6.45) is -1.77. The Kier molecular flexibility index (Phi) is 5.52. The Labute approximate surface area is 185 Å². The van der Waals surface area contributed by atoms with Crippen molar-refractivity contribution in [1.82, 2.24) is 19.7 Å². The molecule has 0 bridgehead atoms. The van der Waals surface area contributed by atoms with E-state index >= 15 is 0 Å². The van der Waals surface area contributed by atoms with Crippen molar-refractivity contribution < 1.29 is 22.7 Å². The Bertz CT molecular complexity index is 1200. The number of hydrogen-bond donors (Lipinski definition) is 0. The van der Waals surface area contributed by atoms with Gasteiger partial charge in [0.1, 0.15) is 17.4 Å². The molecule has 1 unspecified atom stereocenters. The number of aromatic nitrogens is 3. The van der Waals surface area contributed by atoms with Crippen LogP contribution in [0.15, 0.2) is 42.9 Å². The second-order valence-electron chi connectivity index (χ2n) is 7.13. The summed E-state index contributed by atoms with van der Waals surface area (Å²) < 4.78 is 45.7. The Hall–Kier alpha value is -3.58. The molecule has 1 atom stereocenters.